The topological polar surface area (TPSA) is 84.9 Å². The maximum absolute atomic E-state index is 12.8. The lowest BCUT2D eigenvalue weighted by molar-refractivity contribution is -0.122. The van der Waals surface area contributed by atoms with Crippen LogP contribution >= 0.6 is 0 Å². The van der Waals surface area contributed by atoms with E-state index in [1.54, 1.807) is 48.5 Å². The molecule has 7 nitrogen and oxygen atoms in total. The van der Waals surface area contributed by atoms with Crippen molar-refractivity contribution in [1.82, 2.24) is 5.32 Å². The first-order chi connectivity index (χ1) is 12.5. The zero-order valence-electron chi connectivity index (χ0n) is 14.2. The fourth-order valence-corrected chi connectivity index (χ4v) is 2.52. The maximum Gasteiger partial charge on any atom is 0.335 e. The Labute approximate surface area is 149 Å². The summed E-state index contributed by atoms with van der Waals surface area (Å²) in [6, 6.07) is 12.5. The summed E-state index contributed by atoms with van der Waals surface area (Å²) in [5, 5.41) is 2.18. The Morgan fingerprint density at radius 3 is 2.27 bits per heavy atom. The van der Waals surface area contributed by atoms with Crippen molar-refractivity contribution >= 4 is 29.6 Å². The number of anilines is 1. The van der Waals surface area contributed by atoms with Crippen LogP contribution in [0.5, 0.6) is 11.5 Å². The van der Waals surface area contributed by atoms with Crippen LogP contribution in [0, 0.1) is 0 Å². The summed E-state index contributed by atoms with van der Waals surface area (Å²) in [5.41, 5.74) is 0.790. The predicted octanol–water partition coefficient (Wildman–Crippen LogP) is 2.37. The number of carbonyl (C=O) groups excluding carboxylic acids is 3. The van der Waals surface area contributed by atoms with Gasteiger partial charge in [0.1, 0.15) is 17.1 Å². The molecule has 2 aromatic rings. The molecule has 1 heterocycles. The Kier molecular flexibility index (Phi) is 4.70. The average molecular weight is 352 g/mol. The Balaban J connectivity index is 1.98. The Morgan fingerprint density at radius 2 is 1.62 bits per heavy atom. The lowest BCUT2D eigenvalue weighted by Crippen LogP contribution is -2.54. The number of hydrogen-bond acceptors (Lipinski definition) is 5. The van der Waals surface area contributed by atoms with Gasteiger partial charge in [0.15, 0.2) is 0 Å². The van der Waals surface area contributed by atoms with Gasteiger partial charge < -0.3 is 9.47 Å². The van der Waals surface area contributed by atoms with Crippen LogP contribution in [0.2, 0.25) is 0 Å². The molecule has 0 bridgehead atoms. The average Bonchev–Trinajstić information content (AvgIpc) is 2.65. The van der Waals surface area contributed by atoms with E-state index in [1.165, 1.54) is 20.3 Å². The smallest absolute Gasteiger partial charge is 0.335 e. The molecule has 0 aliphatic carbocycles. The molecule has 1 aliphatic rings. The van der Waals surface area contributed by atoms with Crippen LogP contribution in [0.3, 0.4) is 0 Å². The van der Waals surface area contributed by atoms with Crippen LogP contribution in [-0.4, -0.2) is 32.1 Å². The van der Waals surface area contributed by atoms with Crippen molar-refractivity contribution in [2.75, 3.05) is 19.1 Å². The summed E-state index contributed by atoms with van der Waals surface area (Å²) in [6.07, 6.45) is 1.42. The number of barbiturate groups is 1. The summed E-state index contributed by atoms with van der Waals surface area (Å²) in [6.45, 7) is 0. The number of benzene rings is 2. The minimum absolute atomic E-state index is 0.145. The van der Waals surface area contributed by atoms with Crippen LogP contribution in [0.25, 0.3) is 6.08 Å². The van der Waals surface area contributed by atoms with Crippen molar-refractivity contribution in [1.29, 1.82) is 0 Å². The number of methoxy groups -OCH3 is 2. The third-order valence-corrected chi connectivity index (χ3v) is 3.84. The van der Waals surface area contributed by atoms with E-state index in [2.05, 4.69) is 5.32 Å². The molecule has 0 saturated carbocycles. The molecular formula is C19H16N2O5. The fraction of sp³-hybridized carbons (Fsp3) is 0.105. The Bertz CT molecular complexity index is 902. The van der Waals surface area contributed by atoms with Gasteiger partial charge in [0.05, 0.1) is 19.9 Å². The van der Waals surface area contributed by atoms with Gasteiger partial charge in [0.25, 0.3) is 11.8 Å². The van der Waals surface area contributed by atoms with Crippen molar-refractivity contribution in [3.05, 3.63) is 59.7 Å². The third kappa shape index (κ3) is 3.27. The highest BCUT2D eigenvalue weighted by atomic mass is 16.5. The number of nitrogens with one attached hydrogen (secondary N) is 1. The van der Waals surface area contributed by atoms with E-state index in [4.69, 9.17) is 9.47 Å². The number of urea groups is 1. The van der Waals surface area contributed by atoms with E-state index in [-0.39, 0.29) is 5.57 Å². The first kappa shape index (κ1) is 17.2. The molecule has 1 N–H and O–H groups in total. The zero-order chi connectivity index (χ0) is 18.7. The van der Waals surface area contributed by atoms with E-state index in [9.17, 15) is 14.4 Å². The van der Waals surface area contributed by atoms with Gasteiger partial charge >= 0.3 is 6.03 Å². The van der Waals surface area contributed by atoms with Crippen molar-refractivity contribution in [2.45, 2.75) is 0 Å². The van der Waals surface area contributed by atoms with Crippen LogP contribution in [0.4, 0.5) is 10.5 Å². The van der Waals surface area contributed by atoms with Gasteiger partial charge in [0.2, 0.25) is 0 Å². The first-order valence-electron chi connectivity index (χ1n) is 7.73. The van der Waals surface area contributed by atoms with Crippen molar-refractivity contribution in [3.8, 4) is 11.5 Å². The van der Waals surface area contributed by atoms with Gasteiger partial charge in [-0.1, -0.05) is 12.1 Å². The molecular weight excluding hydrogens is 336 g/mol. The van der Waals surface area contributed by atoms with Crippen molar-refractivity contribution in [3.63, 3.8) is 0 Å². The normalized spacial score (nSPS) is 15.8. The number of rotatable bonds is 4. The van der Waals surface area contributed by atoms with E-state index < -0.39 is 17.8 Å². The lowest BCUT2D eigenvalue weighted by Gasteiger charge is -2.26. The SMILES string of the molecule is COc1ccc(N2C(=O)NC(=O)/C(=C/c3cccc(OC)c3)C2=O)cc1. The number of hydrogen-bond donors (Lipinski definition) is 1. The van der Waals surface area contributed by atoms with Gasteiger partial charge in [0, 0.05) is 0 Å². The molecule has 0 aromatic heterocycles. The highest BCUT2D eigenvalue weighted by molar-refractivity contribution is 6.39. The minimum atomic E-state index is -0.798. The third-order valence-electron chi connectivity index (χ3n) is 3.84. The van der Waals surface area contributed by atoms with Gasteiger partial charge in [-0.15, -0.1) is 0 Å². The molecule has 1 aliphatic heterocycles. The van der Waals surface area contributed by atoms with E-state index in [1.807, 2.05) is 0 Å². The van der Waals surface area contributed by atoms with Crippen LogP contribution < -0.4 is 19.7 Å². The molecule has 1 saturated heterocycles. The largest absolute Gasteiger partial charge is 0.497 e. The summed E-state index contributed by atoms with van der Waals surface area (Å²) >= 11 is 0. The number of carbonyl (C=O) groups is 3. The monoisotopic (exact) mass is 352 g/mol. The molecule has 1 fully saturated rings. The van der Waals surface area contributed by atoms with Crippen LogP contribution in [-0.2, 0) is 9.59 Å². The van der Waals surface area contributed by atoms with Crippen molar-refractivity contribution in [2.24, 2.45) is 0 Å². The van der Waals surface area contributed by atoms with Gasteiger partial charge in [-0.2, -0.15) is 0 Å². The maximum atomic E-state index is 12.8. The molecule has 2 aromatic carbocycles. The molecule has 0 spiro atoms. The summed E-state index contributed by atoms with van der Waals surface area (Å²) in [5.74, 6) is -0.271. The molecule has 132 valence electrons. The summed E-state index contributed by atoms with van der Waals surface area (Å²) < 4.78 is 10.2. The number of ether oxygens (including phenoxy) is 2. The highest BCUT2D eigenvalue weighted by Crippen LogP contribution is 2.24. The second-order valence-electron chi connectivity index (χ2n) is 5.43. The molecule has 4 amide bonds. The summed E-state index contributed by atoms with van der Waals surface area (Å²) in [7, 11) is 3.04. The molecule has 3 rings (SSSR count). The quantitative estimate of drug-likeness (QED) is 0.674. The highest BCUT2D eigenvalue weighted by Gasteiger charge is 2.36. The number of imide groups is 2. The Morgan fingerprint density at radius 1 is 0.923 bits per heavy atom. The zero-order valence-corrected chi connectivity index (χ0v) is 14.2. The predicted molar refractivity (Wildman–Crippen MR) is 95.0 cm³/mol. The number of nitrogens with zero attached hydrogens (tertiary/aromatic N) is 1. The number of amides is 4. The van der Waals surface area contributed by atoms with Crippen LogP contribution in [0.15, 0.2) is 54.1 Å². The molecule has 26 heavy (non-hydrogen) atoms. The second-order valence-corrected chi connectivity index (χ2v) is 5.43. The summed E-state index contributed by atoms with van der Waals surface area (Å²) in [4.78, 5) is 38.0. The standard InChI is InChI=1S/C19H16N2O5/c1-25-14-8-6-13(7-9-14)21-18(23)16(17(22)20-19(21)24)11-12-4-3-5-15(10-12)26-2/h3-11H,1-2H3,(H,20,22,24)/b16-11-. The Hall–Kier alpha value is -3.61. The second kappa shape index (κ2) is 7.10. The molecule has 0 radical (unpaired) electrons. The van der Waals surface area contributed by atoms with Gasteiger partial charge in [-0.25, -0.2) is 9.69 Å². The van der Waals surface area contributed by atoms with E-state index in [0.717, 1.165) is 4.90 Å². The lowest BCUT2D eigenvalue weighted by atomic mass is 10.1. The van der Waals surface area contributed by atoms with Gasteiger partial charge in [-0.3, -0.25) is 14.9 Å². The fourth-order valence-electron chi connectivity index (χ4n) is 2.52. The van der Waals surface area contributed by atoms with Crippen LogP contribution in [0.1, 0.15) is 5.56 Å². The van der Waals surface area contributed by atoms with Gasteiger partial charge in [-0.05, 0) is 48.0 Å². The van der Waals surface area contributed by atoms with Crippen molar-refractivity contribution < 1.29 is 23.9 Å². The molecule has 0 atom stereocenters. The first-order valence-corrected chi connectivity index (χ1v) is 7.73. The van der Waals surface area contributed by atoms with E-state index >= 15 is 0 Å². The molecule has 0 unspecified atom stereocenters. The minimum Gasteiger partial charge on any atom is -0.497 e. The van der Waals surface area contributed by atoms with E-state index in [0.29, 0.717) is 22.7 Å². The molecule has 7 heteroatoms.